The van der Waals surface area contributed by atoms with Gasteiger partial charge < -0.3 is 4.74 Å². The van der Waals surface area contributed by atoms with Crippen molar-refractivity contribution < 1.29 is 9.66 Å². The summed E-state index contributed by atoms with van der Waals surface area (Å²) in [5.74, 6) is 0.839. The number of non-ortho nitro benzene ring substituents is 1. The van der Waals surface area contributed by atoms with Crippen LogP contribution in [-0.4, -0.2) is 12.0 Å². The molecule has 2 aromatic carbocycles. The minimum Gasteiger partial charge on any atom is -0.496 e. The maximum Gasteiger partial charge on any atom is 0.269 e. The molecular formula is C20H22BrNO3. The molecule has 0 heterocycles. The van der Waals surface area contributed by atoms with Crippen molar-refractivity contribution in [3.8, 4) is 5.75 Å². The van der Waals surface area contributed by atoms with Crippen LogP contribution in [0.2, 0.25) is 0 Å². The quantitative estimate of drug-likeness (QED) is 0.349. The summed E-state index contributed by atoms with van der Waals surface area (Å²) in [6.07, 6.45) is 3.93. The molecule has 0 aliphatic rings. The molecular weight excluding hydrogens is 382 g/mol. The second-order valence-corrected chi connectivity index (χ2v) is 7.87. The van der Waals surface area contributed by atoms with Crippen LogP contribution >= 0.6 is 15.9 Å². The first-order valence-electron chi connectivity index (χ1n) is 7.94. The third-order valence-electron chi connectivity index (χ3n) is 4.00. The van der Waals surface area contributed by atoms with Crippen LogP contribution in [0.1, 0.15) is 43.0 Å². The number of aryl methyl sites for hydroxylation is 1. The molecule has 2 aromatic rings. The summed E-state index contributed by atoms with van der Waals surface area (Å²) >= 11 is 3.57. The minimum absolute atomic E-state index is 0.0546. The van der Waals surface area contributed by atoms with Crippen LogP contribution in [-0.2, 0) is 5.41 Å². The molecule has 4 nitrogen and oxygen atoms in total. The topological polar surface area (TPSA) is 52.4 Å². The fourth-order valence-electron chi connectivity index (χ4n) is 2.66. The Labute approximate surface area is 156 Å². The van der Waals surface area contributed by atoms with Crippen LogP contribution in [0.4, 0.5) is 5.69 Å². The van der Waals surface area contributed by atoms with Gasteiger partial charge in [-0.1, -0.05) is 48.9 Å². The molecule has 0 bridgehead atoms. The number of hydrogen-bond donors (Lipinski definition) is 0. The van der Waals surface area contributed by atoms with E-state index in [2.05, 4.69) is 42.8 Å². The number of nitrogens with zero attached hydrogens (tertiary/aromatic N) is 1. The zero-order valence-electron chi connectivity index (χ0n) is 15.1. The van der Waals surface area contributed by atoms with Gasteiger partial charge in [0.1, 0.15) is 5.75 Å². The number of nitro groups is 1. The molecule has 0 unspecified atom stereocenters. The Hall–Kier alpha value is -2.14. The maximum atomic E-state index is 10.9. The van der Waals surface area contributed by atoms with Crippen molar-refractivity contribution in [3.05, 3.63) is 67.2 Å². The Kier molecular flexibility index (Phi) is 5.68. The molecule has 25 heavy (non-hydrogen) atoms. The molecule has 0 radical (unpaired) electrons. The summed E-state index contributed by atoms with van der Waals surface area (Å²) in [6, 6.07) is 8.95. The lowest BCUT2D eigenvalue weighted by atomic mass is 9.85. The lowest BCUT2D eigenvalue weighted by molar-refractivity contribution is -0.384. The first-order valence-corrected chi connectivity index (χ1v) is 8.74. The Morgan fingerprint density at radius 1 is 1.12 bits per heavy atom. The van der Waals surface area contributed by atoms with E-state index in [1.54, 1.807) is 19.2 Å². The molecule has 0 spiro atoms. The molecule has 132 valence electrons. The molecule has 0 aliphatic carbocycles. The summed E-state index contributed by atoms with van der Waals surface area (Å²) in [4.78, 5) is 10.5. The van der Waals surface area contributed by atoms with E-state index in [1.165, 1.54) is 6.07 Å². The highest BCUT2D eigenvalue weighted by molar-refractivity contribution is 9.10. The monoisotopic (exact) mass is 403 g/mol. The standard InChI is InChI=1S/C20H22BrNO3/c1-13-10-17(22(23)24)9-8-14(13)6-7-15-11-16(21)12-18(19(15)25-5)20(2,3)4/h6-12H,1-5H3/b7-6+. The minimum atomic E-state index is -0.382. The van der Waals surface area contributed by atoms with Crippen molar-refractivity contribution in [1.82, 2.24) is 0 Å². The van der Waals surface area contributed by atoms with Crippen LogP contribution in [0.5, 0.6) is 5.75 Å². The van der Waals surface area contributed by atoms with Gasteiger partial charge in [-0.15, -0.1) is 0 Å². The molecule has 0 atom stereocenters. The molecule has 0 fully saturated rings. The summed E-state index contributed by atoms with van der Waals surface area (Å²) in [7, 11) is 1.67. The van der Waals surface area contributed by atoms with Gasteiger partial charge in [0.25, 0.3) is 5.69 Å². The average molecular weight is 404 g/mol. The van der Waals surface area contributed by atoms with Gasteiger partial charge >= 0.3 is 0 Å². The highest BCUT2D eigenvalue weighted by atomic mass is 79.9. The summed E-state index contributed by atoms with van der Waals surface area (Å²) < 4.78 is 6.65. The van der Waals surface area contributed by atoms with Gasteiger partial charge in [-0.05, 0) is 41.7 Å². The highest BCUT2D eigenvalue weighted by Crippen LogP contribution is 2.37. The molecule has 0 aromatic heterocycles. The Morgan fingerprint density at radius 3 is 2.28 bits per heavy atom. The van der Waals surface area contributed by atoms with Crippen molar-refractivity contribution in [2.24, 2.45) is 0 Å². The van der Waals surface area contributed by atoms with Crippen LogP contribution in [0.15, 0.2) is 34.8 Å². The van der Waals surface area contributed by atoms with Gasteiger partial charge in [0.05, 0.1) is 12.0 Å². The SMILES string of the molecule is COc1c(/C=C/c2ccc([N+](=O)[O-])cc2C)cc(Br)cc1C(C)(C)C. The van der Waals surface area contributed by atoms with Gasteiger partial charge in [-0.2, -0.15) is 0 Å². The fourth-order valence-corrected chi connectivity index (χ4v) is 3.14. The zero-order valence-corrected chi connectivity index (χ0v) is 16.7. The zero-order chi connectivity index (χ0) is 18.8. The highest BCUT2D eigenvalue weighted by Gasteiger charge is 2.21. The van der Waals surface area contributed by atoms with E-state index in [4.69, 9.17) is 4.74 Å². The molecule has 0 amide bonds. The normalized spacial score (nSPS) is 11.8. The van der Waals surface area contributed by atoms with E-state index in [-0.39, 0.29) is 16.0 Å². The number of halogens is 1. The number of methoxy groups -OCH3 is 1. The van der Waals surface area contributed by atoms with E-state index >= 15 is 0 Å². The predicted molar refractivity (Wildman–Crippen MR) is 106 cm³/mol. The first kappa shape index (κ1) is 19.2. The molecule has 0 saturated carbocycles. The fraction of sp³-hybridized carbons (Fsp3) is 0.300. The second-order valence-electron chi connectivity index (χ2n) is 6.96. The predicted octanol–water partition coefficient (Wildman–Crippen LogP) is 6.14. The van der Waals surface area contributed by atoms with E-state index in [0.29, 0.717) is 0 Å². The van der Waals surface area contributed by atoms with Crippen molar-refractivity contribution in [1.29, 1.82) is 0 Å². The third-order valence-corrected chi connectivity index (χ3v) is 4.46. The third kappa shape index (κ3) is 4.48. The number of ether oxygens (including phenoxy) is 1. The van der Waals surface area contributed by atoms with E-state index in [9.17, 15) is 10.1 Å². The van der Waals surface area contributed by atoms with Crippen molar-refractivity contribution in [3.63, 3.8) is 0 Å². The van der Waals surface area contributed by atoms with Crippen molar-refractivity contribution in [2.75, 3.05) is 7.11 Å². The van der Waals surface area contributed by atoms with Gasteiger partial charge in [0, 0.05) is 27.7 Å². The van der Waals surface area contributed by atoms with Crippen molar-refractivity contribution >= 4 is 33.8 Å². The largest absolute Gasteiger partial charge is 0.496 e. The van der Waals surface area contributed by atoms with E-state index < -0.39 is 0 Å². The summed E-state index contributed by atoms with van der Waals surface area (Å²) in [5, 5.41) is 10.9. The van der Waals surface area contributed by atoms with E-state index in [0.717, 1.165) is 32.5 Å². The maximum absolute atomic E-state index is 10.9. The summed E-state index contributed by atoms with van der Waals surface area (Å²) in [5.41, 5.74) is 3.91. The lowest BCUT2D eigenvalue weighted by Crippen LogP contribution is -2.13. The lowest BCUT2D eigenvalue weighted by Gasteiger charge is -2.24. The Balaban J connectivity index is 2.48. The molecule has 0 N–H and O–H groups in total. The van der Waals surface area contributed by atoms with E-state index in [1.807, 2.05) is 25.1 Å². The molecule has 5 heteroatoms. The summed E-state index contributed by atoms with van der Waals surface area (Å²) in [6.45, 7) is 8.30. The van der Waals surface area contributed by atoms with Crippen molar-refractivity contribution in [2.45, 2.75) is 33.1 Å². The number of nitro benzene ring substituents is 1. The van der Waals surface area contributed by atoms with Gasteiger partial charge in [-0.3, -0.25) is 10.1 Å². The number of rotatable bonds is 4. The number of hydrogen-bond acceptors (Lipinski definition) is 3. The molecule has 0 aliphatic heterocycles. The van der Waals surface area contributed by atoms with Crippen LogP contribution in [0, 0.1) is 17.0 Å². The van der Waals surface area contributed by atoms with Gasteiger partial charge in [0.15, 0.2) is 0 Å². The molecule has 0 saturated heterocycles. The first-order chi connectivity index (χ1) is 11.6. The van der Waals surface area contributed by atoms with Crippen LogP contribution < -0.4 is 4.74 Å². The second kappa shape index (κ2) is 7.40. The smallest absolute Gasteiger partial charge is 0.269 e. The van der Waals surface area contributed by atoms with Crippen LogP contribution in [0.25, 0.3) is 12.2 Å². The Bertz CT molecular complexity index is 836. The molecule has 2 rings (SSSR count). The number of benzene rings is 2. The average Bonchev–Trinajstić information content (AvgIpc) is 2.52. The Morgan fingerprint density at radius 2 is 1.76 bits per heavy atom. The van der Waals surface area contributed by atoms with Gasteiger partial charge in [0.2, 0.25) is 0 Å². The van der Waals surface area contributed by atoms with Crippen LogP contribution in [0.3, 0.4) is 0 Å². The van der Waals surface area contributed by atoms with Gasteiger partial charge in [-0.25, -0.2) is 0 Å².